The Kier molecular flexibility index (Phi) is 6.49. The normalized spacial score (nSPS) is 11.6. The maximum atomic E-state index is 13.2. The van der Waals surface area contributed by atoms with E-state index in [1.807, 2.05) is 28.8 Å². The van der Waals surface area contributed by atoms with E-state index in [2.05, 4.69) is 5.32 Å². The standard InChI is InChI=1S/C23H17Cl3N2O3S/c24-16-7-5-15(6-8-16)12-28-13-22(18-3-1-2-4-21(18)28)32(30,31)14-23(29)27-20-10-9-17(25)11-19(20)26/h1-11,13H,12,14H2,(H,27,29). The van der Waals surface area contributed by atoms with Crippen molar-refractivity contribution >= 4 is 67.1 Å². The summed E-state index contributed by atoms with van der Waals surface area (Å²) in [7, 11) is -3.93. The fraction of sp³-hybridized carbons (Fsp3) is 0.0870. The van der Waals surface area contributed by atoms with Crippen LogP contribution in [0, 0.1) is 0 Å². The Balaban J connectivity index is 1.63. The van der Waals surface area contributed by atoms with Crippen LogP contribution in [0.2, 0.25) is 15.1 Å². The molecule has 0 saturated heterocycles. The lowest BCUT2D eigenvalue weighted by atomic mass is 10.2. The van der Waals surface area contributed by atoms with Crippen LogP contribution in [0.3, 0.4) is 0 Å². The van der Waals surface area contributed by atoms with E-state index in [4.69, 9.17) is 34.8 Å². The quantitative estimate of drug-likeness (QED) is 0.345. The smallest absolute Gasteiger partial charge is 0.240 e. The molecule has 9 heteroatoms. The van der Waals surface area contributed by atoms with Crippen molar-refractivity contribution < 1.29 is 13.2 Å². The average molecular weight is 508 g/mol. The van der Waals surface area contributed by atoms with Crippen LogP contribution in [0.4, 0.5) is 5.69 Å². The van der Waals surface area contributed by atoms with Crippen molar-refractivity contribution in [3.8, 4) is 0 Å². The number of para-hydroxylation sites is 1. The van der Waals surface area contributed by atoms with Crippen LogP contribution in [-0.2, 0) is 21.2 Å². The molecule has 0 aliphatic carbocycles. The van der Waals surface area contributed by atoms with Gasteiger partial charge in [-0.25, -0.2) is 8.42 Å². The summed E-state index contributed by atoms with van der Waals surface area (Å²) in [6, 6.07) is 19.1. The van der Waals surface area contributed by atoms with Gasteiger partial charge in [0.25, 0.3) is 0 Å². The summed E-state index contributed by atoms with van der Waals surface area (Å²) in [6.07, 6.45) is 1.57. The first kappa shape index (κ1) is 22.7. The van der Waals surface area contributed by atoms with Gasteiger partial charge in [-0.15, -0.1) is 0 Å². The zero-order valence-electron chi connectivity index (χ0n) is 16.6. The first-order valence-corrected chi connectivity index (χ1v) is 12.3. The van der Waals surface area contributed by atoms with Crippen LogP contribution >= 0.6 is 34.8 Å². The minimum Gasteiger partial charge on any atom is -0.342 e. The van der Waals surface area contributed by atoms with Crippen LogP contribution in [0.15, 0.2) is 77.8 Å². The summed E-state index contributed by atoms with van der Waals surface area (Å²) < 4.78 is 28.1. The molecule has 0 spiro atoms. The molecule has 5 nitrogen and oxygen atoms in total. The highest BCUT2D eigenvalue weighted by Crippen LogP contribution is 2.28. The molecular formula is C23H17Cl3N2O3S. The molecule has 4 rings (SSSR count). The van der Waals surface area contributed by atoms with Crippen molar-refractivity contribution in [1.29, 1.82) is 0 Å². The predicted molar refractivity (Wildman–Crippen MR) is 130 cm³/mol. The summed E-state index contributed by atoms with van der Waals surface area (Å²) in [4.78, 5) is 12.6. The van der Waals surface area contributed by atoms with Gasteiger partial charge in [0.15, 0.2) is 9.84 Å². The molecule has 0 atom stereocenters. The van der Waals surface area contributed by atoms with E-state index in [1.54, 1.807) is 36.5 Å². The fourth-order valence-corrected chi connectivity index (χ4v) is 5.36. The highest BCUT2D eigenvalue weighted by Gasteiger charge is 2.25. The van der Waals surface area contributed by atoms with Crippen molar-refractivity contribution in [1.82, 2.24) is 4.57 Å². The van der Waals surface area contributed by atoms with Gasteiger partial charge in [-0.05, 0) is 42.0 Å². The Bertz CT molecular complexity index is 1410. The molecule has 0 unspecified atom stereocenters. The zero-order chi connectivity index (χ0) is 22.9. The van der Waals surface area contributed by atoms with Gasteiger partial charge in [0.05, 0.1) is 15.6 Å². The molecule has 3 aromatic carbocycles. The Morgan fingerprint density at radius 3 is 2.31 bits per heavy atom. The van der Waals surface area contributed by atoms with Crippen molar-refractivity contribution in [2.24, 2.45) is 0 Å². The molecule has 4 aromatic rings. The molecule has 0 saturated carbocycles. The van der Waals surface area contributed by atoms with Crippen molar-refractivity contribution in [3.05, 3.63) is 93.6 Å². The lowest BCUT2D eigenvalue weighted by molar-refractivity contribution is -0.113. The lowest BCUT2D eigenvalue weighted by Gasteiger charge is -2.08. The summed E-state index contributed by atoms with van der Waals surface area (Å²) in [6.45, 7) is 0.458. The average Bonchev–Trinajstić information content (AvgIpc) is 3.11. The molecular weight excluding hydrogens is 491 g/mol. The number of carbonyl (C=O) groups is 1. The maximum Gasteiger partial charge on any atom is 0.240 e. The Hall–Kier alpha value is -2.51. The number of aromatic nitrogens is 1. The van der Waals surface area contributed by atoms with Gasteiger partial charge in [-0.1, -0.05) is 65.1 Å². The molecule has 1 aromatic heterocycles. The number of rotatable bonds is 6. The minimum atomic E-state index is -3.93. The maximum absolute atomic E-state index is 13.2. The molecule has 0 radical (unpaired) electrons. The number of carbonyl (C=O) groups excluding carboxylic acids is 1. The molecule has 0 fully saturated rings. The van der Waals surface area contributed by atoms with E-state index in [9.17, 15) is 13.2 Å². The number of nitrogens with one attached hydrogen (secondary N) is 1. The van der Waals surface area contributed by atoms with Gasteiger partial charge in [-0.2, -0.15) is 0 Å². The molecule has 0 aliphatic heterocycles. The van der Waals surface area contributed by atoms with Crippen LogP contribution in [0.25, 0.3) is 10.9 Å². The van der Waals surface area contributed by atoms with Crippen molar-refractivity contribution in [3.63, 3.8) is 0 Å². The second kappa shape index (κ2) is 9.16. The Morgan fingerprint density at radius 2 is 1.59 bits per heavy atom. The van der Waals surface area contributed by atoms with Crippen LogP contribution in [0.5, 0.6) is 0 Å². The number of amides is 1. The number of hydrogen-bond donors (Lipinski definition) is 1. The van der Waals surface area contributed by atoms with Crippen molar-refractivity contribution in [2.75, 3.05) is 11.1 Å². The third-order valence-electron chi connectivity index (χ3n) is 4.88. The molecule has 164 valence electrons. The van der Waals surface area contributed by atoms with Crippen LogP contribution in [0.1, 0.15) is 5.56 Å². The van der Waals surface area contributed by atoms with Gasteiger partial charge < -0.3 is 9.88 Å². The highest BCUT2D eigenvalue weighted by molar-refractivity contribution is 7.92. The summed E-state index contributed by atoms with van der Waals surface area (Å²) in [5.74, 6) is -1.41. The van der Waals surface area contributed by atoms with E-state index < -0.39 is 21.5 Å². The third-order valence-corrected chi connectivity index (χ3v) is 7.32. The number of anilines is 1. The van der Waals surface area contributed by atoms with E-state index in [0.29, 0.717) is 27.7 Å². The fourth-order valence-electron chi connectivity index (χ4n) is 3.41. The molecule has 1 amide bonds. The second-order valence-corrected chi connectivity index (χ2v) is 10.4. The van der Waals surface area contributed by atoms with Crippen LogP contribution in [-0.4, -0.2) is 24.6 Å². The Labute approximate surface area is 200 Å². The number of fused-ring (bicyclic) bond motifs is 1. The predicted octanol–water partition coefficient (Wildman–Crippen LogP) is 6.06. The topological polar surface area (TPSA) is 68.2 Å². The SMILES string of the molecule is O=C(CS(=O)(=O)c1cn(Cc2ccc(Cl)cc2)c2ccccc12)Nc1ccc(Cl)cc1Cl. The summed E-state index contributed by atoms with van der Waals surface area (Å²) in [5.41, 5.74) is 2.01. The summed E-state index contributed by atoms with van der Waals surface area (Å²) >= 11 is 17.9. The lowest BCUT2D eigenvalue weighted by Crippen LogP contribution is -2.23. The summed E-state index contributed by atoms with van der Waals surface area (Å²) in [5, 5.41) is 4.35. The minimum absolute atomic E-state index is 0.0967. The largest absolute Gasteiger partial charge is 0.342 e. The van der Waals surface area contributed by atoms with E-state index >= 15 is 0 Å². The van der Waals surface area contributed by atoms with Crippen molar-refractivity contribution in [2.45, 2.75) is 11.4 Å². The second-order valence-electron chi connectivity index (χ2n) is 7.20. The highest BCUT2D eigenvalue weighted by atomic mass is 35.5. The van der Waals surface area contributed by atoms with Gasteiger partial charge in [0.2, 0.25) is 5.91 Å². The number of benzene rings is 3. The first-order valence-electron chi connectivity index (χ1n) is 9.53. The van der Waals surface area contributed by atoms with Crippen LogP contribution < -0.4 is 5.32 Å². The zero-order valence-corrected chi connectivity index (χ0v) is 19.6. The van der Waals surface area contributed by atoms with Gasteiger partial charge >= 0.3 is 0 Å². The molecule has 1 heterocycles. The molecule has 0 aliphatic rings. The number of nitrogens with zero attached hydrogens (tertiary/aromatic N) is 1. The van der Waals surface area contributed by atoms with Gasteiger partial charge in [-0.3, -0.25) is 4.79 Å². The van der Waals surface area contributed by atoms with Gasteiger partial charge in [0, 0.05) is 33.7 Å². The van der Waals surface area contributed by atoms with Gasteiger partial charge in [0.1, 0.15) is 5.75 Å². The van der Waals surface area contributed by atoms with E-state index in [-0.39, 0.29) is 9.92 Å². The molecule has 1 N–H and O–H groups in total. The third kappa shape index (κ3) is 4.94. The molecule has 0 bridgehead atoms. The number of hydrogen-bond acceptors (Lipinski definition) is 3. The Morgan fingerprint density at radius 1 is 0.906 bits per heavy atom. The monoisotopic (exact) mass is 506 g/mol. The van der Waals surface area contributed by atoms with E-state index in [1.165, 1.54) is 12.1 Å². The first-order chi connectivity index (χ1) is 15.2. The molecule has 32 heavy (non-hydrogen) atoms. The number of halogens is 3. The number of sulfone groups is 1. The van der Waals surface area contributed by atoms with E-state index in [0.717, 1.165) is 11.1 Å².